The lowest BCUT2D eigenvalue weighted by molar-refractivity contribution is -0.145. The number of alkyl halides is 3. The number of methoxy groups -OCH3 is 1. The van der Waals surface area contributed by atoms with Crippen LogP contribution in [0.25, 0.3) is 0 Å². The van der Waals surface area contributed by atoms with Gasteiger partial charge in [0.25, 0.3) is 5.91 Å². The van der Waals surface area contributed by atoms with E-state index in [1.54, 1.807) is 13.8 Å². The van der Waals surface area contributed by atoms with E-state index in [0.717, 1.165) is 24.3 Å². The fraction of sp³-hybridized carbons (Fsp3) is 0.333. The molecule has 8 nitrogen and oxygen atoms in total. The Morgan fingerprint density at radius 1 is 1.09 bits per heavy atom. The van der Waals surface area contributed by atoms with Crippen LogP contribution < -0.4 is 5.32 Å². The number of benzene rings is 1. The molecule has 0 spiro atoms. The van der Waals surface area contributed by atoms with E-state index in [4.69, 9.17) is 4.74 Å². The summed E-state index contributed by atoms with van der Waals surface area (Å²) in [6.07, 6.45) is -5.76. The first-order valence-corrected chi connectivity index (χ1v) is 9.33. The van der Waals surface area contributed by atoms with Gasteiger partial charge in [-0.25, -0.2) is 4.79 Å². The number of esters is 2. The Morgan fingerprint density at radius 2 is 1.69 bits per heavy atom. The van der Waals surface area contributed by atoms with Crippen LogP contribution in [0.15, 0.2) is 24.3 Å². The number of carbonyl (C=O) groups is 4. The average molecular weight is 454 g/mol. The summed E-state index contributed by atoms with van der Waals surface area (Å²) < 4.78 is 47.4. The van der Waals surface area contributed by atoms with E-state index in [1.165, 1.54) is 14.0 Å². The Hall–Kier alpha value is -3.63. The average Bonchev–Trinajstić information content (AvgIpc) is 3.04. The number of ketones is 1. The Kier molecular flexibility index (Phi) is 7.44. The van der Waals surface area contributed by atoms with Crippen LogP contribution in [0.2, 0.25) is 0 Å². The van der Waals surface area contributed by atoms with Gasteiger partial charge >= 0.3 is 18.1 Å². The molecule has 1 amide bonds. The first-order valence-electron chi connectivity index (χ1n) is 9.33. The van der Waals surface area contributed by atoms with Gasteiger partial charge in [0.05, 0.1) is 23.9 Å². The zero-order valence-corrected chi connectivity index (χ0v) is 17.7. The normalized spacial score (nSPS) is 12.1. The minimum atomic E-state index is -4.53. The van der Waals surface area contributed by atoms with Crippen molar-refractivity contribution in [2.75, 3.05) is 13.7 Å². The highest BCUT2D eigenvalue weighted by atomic mass is 19.4. The first kappa shape index (κ1) is 24.6. The molecule has 0 fully saturated rings. The molecule has 0 aliphatic rings. The predicted octanol–water partition coefficient (Wildman–Crippen LogP) is 2.98. The van der Waals surface area contributed by atoms with Crippen molar-refractivity contribution in [2.24, 2.45) is 0 Å². The van der Waals surface area contributed by atoms with Gasteiger partial charge in [-0.15, -0.1) is 0 Å². The summed E-state index contributed by atoms with van der Waals surface area (Å²) in [7, 11) is 1.21. The number of aromatic nitrogens is 1. The van der Waals surface area contributed by atoms with Crippen molar-refractivity contribution in [3.8, 4) is 0 Å². The highest BCUT2D eigenvalue weighted by Crippen LogP contribution is 2.29. The lowest BCUT2D eigenvalue weighted by Crippen LogP contribution is -2.34. The fourth-order valence-electron chi connectivity index (χ4n) is 2.97. The Balaban J connectivity index is 1.96. The second-order valence-electron chi connectivity index (χ2n) is 6.87. The van der Waals surface area contributed by atoms with Crippen LogP contribution in [0.3, 0.4) is 0 Å². The highest BCUT2D eigenvalue weighted by molar-refractivity contribution is 6.04. The van der Waals surface area contributed by atoms with Crippen molar-refractivity contribution in [3.63, 3.8) is 0 Å². The second kappa shape index (κ2) is 9.67. The molecule has 0 aliphatic carbocycles. The quantitative estimate of drug-likeness (QED) is 0.491. The number of aryl methyl sites for hydroxylation is 1. The van der Waals surface area contributed by atoms with Gasteiger partial charge in [0, 0.05) is 11.3 Å². The van der Waals surface area contributed by atoms with Crippen LogP contribution in [0.4, 0.5) is 13.2 Å². The molecule has 1 heterocycles. The maximum Gasteiger partial charge on any atom is 0.416 e. The molecule has 0 bridgehead atoms. The monoisotopic (exact) mass is 454 g/mol. The lowest BCUT2D eigenvalue weighted by atomic mass is 10.1. The molecule has 2 rings (SSSR count). The first-order chi connectivity index (χ1) is 14.9. The van der Waals surface area contributed by atoms with Crippen molar-refractivity contribution in [3.05, 3.63) is 57.9 Å². The van der Waals surface area contributed by atoms with Gasteiger partial charge in [-0.2, -0.15) is 13.2 Å². The maximum atomic E-state index is 12.6. The van der Waals surface area contributed by atoms with E-state index in [9.17, 15) is 32.3 Å². The molecule has 32 heavy (non-hydrogen) atoms. The third kappa shape index (κ3) is 5.54. The number of aromatic amines is 1. The summed E-state index contributed by atoms with van der Waals surface area (Å²) >= 11 is 0. The van der Waals surface area contributed by atoms with Crippen LogP contribution in [-0.4, -0.2) is 48.4 Å². The summed E-state index contributed by atoms with van der Waals surface area (Å²) in [5, 5.41) is 2.21. The molecule has 172 valence electrons. The van der Waals surface area contributed by atoms with Crippen LogP contribution in [0.1, 0.15) is 54.9 Å². The molecular formula is C21H21F3N2O6. The molecule has 1 aromatic heterocycles. The maximum absolute atomic E-state index is 12.6. The zero-order chi connectivity index (χ0) is 24.2. The Labute approximate surface area is 181 Å². The molecule has 1 unspecified atom stereocenters. The number of Topliss-reactive ketones (excluding diaryl/α,β-unsaturated/α-hetero) is 1. The summed E-state index contributed by atoms with van der Waals surface area (Å²) in [6, 6.07) is 3.45. The van der Waals surface area contributed by atoms with Crippen molar-refractivity contribution in [1.29, 1.82) is 0 Å². The summed E-state index contributed by atoms with van der Waals surface area (Å²) in [5.74, 6) is -2.93. The summed E-state index contributed by atoms with van der Waals surface area (Å²) in [5.41, 5.74) is 0.0572. The van der Waals surface area contributed by atoms with Crippen LogP contribution in [-0.2, 0) is 20.4 Å². The largest absolute Gasteiger partial charge is 0.465 e. The van der Waals surface area contributed by atoms with Gasteiger partial charge in [0.1, 0.15) is 6.54 Å². The number of halogens is 3. The number of H-pyrrole nitrogens is 1. The predicted molar refractivity (Wildman–Crippen MR) is 105 cm³/mol. The van der Waals surface area contributed by atoms with E-state index in [0.29, 0.717) is 11.3 Å². The number of hydrogen-bond donors (Lipinski definition) is 2. The molecule has 2 N–H and O–H groups in total. The summed E-state index contributed by atoms with van der Waals surface area (Å²) in [6.45, 7) is 3.85. The van der Waals surface area contributed by atoms with Crippen molar-refractivity contribution in [2.45, 2.75) is 33.1 Å². The van der Waals surface area contributed by atoms with Gasteiger partial charge in [0.2, 0.25) is 5.78 Å². The van der Waals surface area contributed by atoms with Gasteiger partial charge in [-0.05, 0) is 50.6 Å². The van der Waals surface area contributed by atoms with Gasteiger partial charge in [0.15, 0.2) is 6.10 Å². The van der Waals surface area contributed by atoms with Crippen LogP contribution >= 0.6 is 0 Å². The minimum absolute atomic E-state index is 0.0805. The van der Waals surface area contributed by atoms with Crippen molar-refractivity contribution < 1.29 is 41.8 Å². The summed E-state index contributed by atoms with van der Waals surface area (Å²) in [4.78, 5) is 51.2. The Bertz CT molecular complexity index is 1040. The number of rotatable bonds is 7. The van der Waals surface area contributed by atoms with Crippen LogP contribution in [0.5, 0.6) is 0 Å². The number of amides is 1. The number of nitrogens with one attached hydrogen (secondary N) is 2. The van der Waals surface area contributed by atoms with Gasteiger partial charge < -0.3 is 19.8 Å². The lowest BCUT2D eigenvalue weighted by Gasteiger charge is -2.13. The molecule has 0 radical (unpaired) electrons. The molecule has 11 heteroatoms. The van der Waals surface area contributed by atoms with E-state index >= 15 is 0 Å². The molecule has 1 aromatic carbocycles. The third-order valence-corrected chi connectivity index (χ3v) is 4.62. The Morgan fingerprint density at radius 3 is 2.22 bits per heavy atom. The van der Waals surface area contributed by atoms with Gasteiger partial charge in [-0.1, -0.05) is 0 Å². The molecule has 0 saturated heterocycles. The molecule has 0 aliphatic heterocycles. The molecule has 0 saturated carbocycles. The van der Waals surface area contributed by atoms with Crippen molar-refractivity contribution in [1.82, 2.24) is 10.3 Å². The third-order valence-electron chi connectivity index (χ3n) is 4.62. The molecule has 2 aromatic rings. The van der Waals surface area contributed by atoms with E-state index < -0.39 is 48.0 Å². The SMILES string of the molecule is COC(=O)c1c(C)[nH]c(C(=O)C(C)OC(=O)CNC(=O)c2ccc(C(F)(F)F)cc2)c1C. The fourth-order valence-corrected chi connectivity index (χ4v) is 2.97. The number of carbonyl (C=O) groups excluding carboxylic acids is 4. The van der Waals surface area contributed by atoms with E-state index in [2.05, 4.69) is 15.0 Å². The zero-order valence-electron chi connectivity index (χ0n) is 17.7. The number of ether oxygens (including phenoxy) is 2. The van der Waals surface area contributed by atoms with Gasteiger partial charge in [-0.3, -0.25) is 14.4 Å². The van der Waals surface area contributed by atoms with Crippen LogP contribution in [0, 0.1) is 13.8 Å². The minimum Gasteiger partial charge on any atom is -0.465 e. The molecule has 1 atom stereocenters. The number of hydrogen-bond acceptors (Lipinski definition) is 6. The standard InChI is InChI=1S/C21H21F3N2O6/c1-10-16(20(30)31-4)11(2)26-17(10)18(28)12(3)32-15(27)9-25-19(29)13-5-7-14(8-6-13)21(22,23)24/h5-8,12,26H,9H2,1-4H3,(H,25,29). The highest BCUT2D eigenvalue weighted by Gasteiger charge is 2.30. The smallest absolute Gasteiger partial charge is 0.416 e. The second-order valence-corrected chi connectivity index (χ2v) is 6.87. The van der Waals surface area contributed by atoms with E-state index in [-0.39, 0.29) is 16.8 Å². The topological polar surface area (TPSA) is 115 Å². The van der Waals surface area contributed by atoms with Crippen molar-refractivity contribution >= 4 is 23.6 Å². The van der Waals surface area contributed by atoms with E-state index in [1.807, 2.05) is 0 Å². The molecular weight excluding hydrogens is 433 g/mol.